The molecule has 0 bridgehead atoms. The lowest BCUT2D eigenvalue weighted by atomic mass is 10.2. The molecule has 110 valence electrons. The Morgan fingerprint density at radius 3 is 2.62 bits per heavy atom. The fraction of sp³-hybridized carbons (Fsp3) is 0.188. The number of aryl methyl sites for hydroxylation is 1. The summed E-state index contributed by atoms with van der Waals surface area (Å²) in [7, 11) is 0. The van der Waals surface area contributed by atoms with Gasteiger partial charge in [-0.1, -0.05) is 35.3 Å². The molecule has 3 nitrogen and oxygen atoms in total. The molecule has 0 aromatic heterocycles. The average molecular weight is 324 g/mol. The zero-order valence-electron chi connectivity index (χ0n) is 11.7. The molecule has 21 heavy (non-hydrogen) atoms. The number of amides is 1. The van der Waals surface area contributed by atoms with Crippen LogP contribution in [0.15, 0.2) is 42.5 Å². The lowest BCUT2D eigenvalue weighted by Gasteiger charge is -2.15. The summed E-state index contributed by atoms with van der Waals surface area (Å²) in [6, 6.07) is 12.3. The van der Waals surface area contributed by atoms with Crippen molar-refractivity contribution in [1.82, 2.24) is 0 Å². The number of hydrogen-bond donors (Lipinski definition) is 1. The molecule has 2 aromatic carbocycles. The van der Waals surface area contributed by atoms with Gasteiger partial charge in [0, 0.05) is 15.7 Å². The first-order valence-corrected chi connectivity index (χ1v) is 7.20. The van der Waals surface area contributed by atoms with Crippen molar-refractivity contribution in [1.29, 1.82) is 0 Å². The third-order valence-electron chi connectivity index (χ3n) is 2.92. The predicted octanol–water partition coefficient (Wildman–Crippen LogP) is 4.71. The van der Waals surface area contributed by atoms with Crippen LogP contribution >= 0.6 is 23.2 Å². The number of halogens is 2. The van der Waals surface area contributed by atoms with Crippen molar-refractivity contribution >= 4 is 34.8 Å². The van der Waals surface area contributed by atoms with Crippen LogP contribution in [0.2, 0.25) is 10.0 Å². The van der Waals surface area contributed by atoms with Gasteiger partial charge in [0.05, 0.1) is 0 Å². The van der Waals surface area contributed by atoms with Crippen molar-refractivity contribution in [3.8, 4) is 5.75 Å². The maximum atomic E-state index is 12.1. The molecule has 2 aromatic rings. The Bertz CT molecular complexity index is 658. The highest BCUT2D eigenvalue weighted by Crippen LogP contribution is 2.21. The van der Waals surface area contributed by atoms with Crippen LogP contribution in [0.3, 0.4) is 0 Å². The topological polar surface area (TPSA) is 38.3 Å². The van der Waals surface area contributed by atoms with Gasteiger partial charge in [0.1, 0.15) is 5.75 Å². The fourth-order valence-corrected chi connectivity index (χ4v) is 2.07. The Morgan fingerprint density at radius 1 is 1.19 bits per heavy atom. The minimum absolute atomic E-state index is 0.255. The van der Waals surface area contributed by atoms with Crippen LogP contribution < -0.4 is 10.1 Å². The van der Waals surface area contributed by atoms with Crippen LogP contribution in [0.1, 0.15) is 12.5 Å². The number of nitrogens with one attached hydrogen (secondary N) is 1. The summed E-state index contributed by atoms with van der Waals surface area (Å²) in [5.74, 6) is 0.294. The van der Waals surface area contributed by atoms with Crippen molar-refractivity contribution in [2.75, 3.05) is 5.32 Å². The van der Waals surface area contributed by atoms with E-state index in [1.165, 1.54) is 0 Å². The van der Waals surface area contributed by atoms with Crippen LogP contribution in [-0.2, 0) is 4.79 Å². The molecule has 0 aliphatic carbocycles. The van der Waals surface area contributed by atoms with Gasteiger partial charge in [-0.05, 0) is 49.7 Å². The molecule has 2 rings (SSSR count). The van der Waals surface area contributed by atoms with Gasteiger partial charge in [-0.15, -0.1) is 0 Å². The van der Waals surface area contributed by atoms with Crippen molar-refractivity contribution in [3.05, 3.63) is 58.1 Å². The van der Waals surface area contributed by atoms with E-state index in [0.29, 0.717) is 21.5 Å². The van der Waals surface area contributed by atoms with E-state index in [-0.39, 0.29) is 5.91 Å². The molecule has 0 aliphatic rings. The number of ether oxygens (including phenoxy) is 1. The summed E-state index contributed by atoms with van der Waals surface area (Å²) in [5.41, 5.74) is 1.59. The summed E-state index contributed by atoms with van der Waals surface area (Å²) < 4.78 is 5.55. The smallest absolute Gasteiger partial charge is 0.265 e. The summed E-state index contributed by atoms with van der Waals surface area (Å²) in [6.45, 7) is 3.57. The number of anilines is 1. The van der Waals surface area contributed by atoms with E-state index < -0.39 is 6.10 Å². The minimum Gasteiger partial charge on any atom is -0.481 e. The fourth-order valence-electron chi connectivity index (χ4n) is 1.71. The Hall–Kier alpha value is -1.71. The van der Waals surface area contributed by atoms with Gasteiger partial charge in [-0.25, -0.2) is 0 Å². The summed E-state index contributed by atoms with van der Waals surface area (Å²) >= 11 is 11.9. The summed E-state index contributed by atoms with van der Waals surface area (Å²) in [5, 5.41) is 3.93. The average Bonchev–Trinajstić information content (AvgIpc) is 2.43. The molecular formula is C16H15Cl2NO2. The lowest BCUT2D eigenvalue weighted by molar-refractivity contribution is -0.122. The van der Waals surface area contributed by atoms with Crippen LogP contribution in [-0.4, -0.2) is 12.0 Å². The van der Waals surface area contributed by atoms with E-state index in [9.17, 15) is 4.79 Å². The van der Waals surface area contributed by atoms with E-state index in [1.807, 2.05) is 13.0 Å². The highest BCUT2D eigenvalue weighted by atomic mass is 35.5. The Labute approximate surface area is 133 Å². The van der Waals surface area contributed by atoms with E-state index in [1.54, 1.807) is 43.3 Å². The third kappa shape index (κ3) is 4.38. The molecule has 0 aliphatic heterocycles. The SMILES string of the molecule is Cc1ccc(NC(=O)C(C)Oc2cccc(Cl)c2)cc1Cl. The second kappa shape index (κ2) is 6.83. The largest absolute Gasteiger partial charge is 0.481 e. The molecular weight excluding hydrogens is 309 g/mol. The van der Waals surface area contributed by atoms with Crippen molar-refractivity contribution < 1.29 is 9.53 Å². The van der Waals surface area contributed by atoms with E-state index in [2.05, 4.69) is 5.32 Å². The van der Waals surface area contributed by atoms with Crippen molar-refractivity contribution in [3.63, 3.8) is 0 Å². The quantitative estimate of drug-likeness (QED) is 0.885. The van der Waals surface area contributed by atoms with Gasteiger partial charge >= 0.3 is 0 Å². The maximum absolute atomic E-state index is 12.1. The number of rotatable bonds is 4. The number of carbonyl (C=O) groups is 1. The monoisotopic (exact) mass is 323 g/mol. The summed E-state index contributed by atoms with van der Waals surface area (Å²) in [4.78, 5) is 12.1. The molecule has 5 heteroatoms. The molecule has 0 radical (unpaired) electrons. The first kappa shape index (κ1) is 15.7. The molecule has 0 saturated heterocycles. The molecule has 1 amide bonds. The van der Waals surface area contributed by atoms with Gasteiger partial charge in [0.15, 0.2) is 6.10 Å². The number of carbonyl (C=O) groups excluding carboxylic acids is 1. The normalized spacial score (nSPS) is 11.8. The Balaban J connectivity index is 2.00. The minimum atomic E-state index is -0.649. The first-order valence-electron chi connectivity index (χ1n) is 6.45. The number of hydrogen-bond acceptors (Lipinski definition) is 2. The second-order valence-corrected chi connectivity index (χ2v) is 5.51. The van der Waals surface area contributed by atoms with E-state index in [0.717, 1.165) is 5.56 Å². The van der Waals surface area contributed by atoms with Crippen LogP contribution in [0.25, 0.3) is 0 Å². The molecule has 1 atom stereocenters. The standard InChI is InChI=1S/C16H15Cl2NO2/c1-10-6-7-13(9-15(10)18)19-16(20)11(2)21-14-5-3-4-12(17)8-14/h3-9,11H,1-2H3,(H,19,20). The zero-order valence-corrected chi connectivity index (χ0v) is 13.2. The Morgan fingerprint density at radius 2 is 1.95 bits per heavy atom. The summed E-state index contributed by atoms with van der Waals surface area (Å²) in [6.07, 6.45) is -0.649. The van der Waals surface area contributed by atoms with Gasteiger partial charge < -0.3 is 10.1 Å². The highest BCUT2D eigenvalue weighted by molar-refractivity contribution is 6.31. The molecule has 0 fully saturated rings. The van der Waals surface area contributed by atoms with Crippen molar-refractivity contribution in [2.24, 2.45) is 0 Å². The Kier molecular flexibility index (Phi) is 5.10. The van der Waals surface area contributed by atoms with Gasteiger partial charge in [-0.3, -0.25) is 4.79 Å². The molecule has 0 heterocycles. The van der Waals surface area contributed by atoms with Crippen LogP contribution in [0.4, 0.5) is 5.69 Å². The van der Waals surface area contributed by atoms with Gasteiger partial charge in [0.2, 0.25) is 0 Å². The van der Waals surface area contributed by atoms with E-state index >= 15 is 0 Å². The number of benzene rings is 2. The van der Waals surface area contributed by atoms with E-state index in [4.69, 9.17) is 27.9 Å². The predicted molar refractivity (Wildman–Crippen MR) is 86.4 cm³/mol. The van der Waals surface area contributed by atoms with Gasteiger partial charge in [-0.2, -0.15) is 0 Å². The zero-order chi connectivity index (χ0) is 15.4. The van der Waals surface area contributed by atoms with Crippen LogP contribution in [0, 0.1) is 6.92 Å². The van der Waals surface area contributed by atoms with Crippen LogP contribution in [0.5, 0.6) is 5.75 Å². The first-order chi connectivity index (χ1) is 9.95. The maximum Gasteiger partial charge on any atom is 0.265 e. The molecule has 1 unspecified atom stereocenters. The molecule has 1 N–H and O–H groups in total. The van der Waals surface area contributed by atoms with Crippen molar-refractivity contribution in [2.45, 2.75) is 20.0 Å². The second-order valence-electron chi connectivity index (χ2n) is 4.67. The highest BCUT2D eigenvalue weighted by Gasteiger charge is 2.15. The molecule has 0 spiro atoms. The molecule has 0 saturated carbocycles. The van der Waals surface area contributed by atoms with Gasteiger partial charge in [0.25, 0.3) is 5.91 Å². The third-order valence-corrected chi connectivity index (χ3v) is 3.56. The lowest BCUT2D eigenvalue weighted by Crippen LogP contribution is -2.30.